The van der Waals surface area contributed by atoms with Crippen molar-refractivity contribution in [1.82, 2.24) is 5.32 Å². The summed E-state index contributed by atoms with van der Waals surface area (Å²) >= 11 is 0. The van der Waals surface area contributed by atoms with Crippen LogP contribution in [0, 0.1) is 11.3 Å². The molecule has 1 amide bonds. The lowest BCUT2D eigenvalue weighted by Gasteiger charge is -2.22. The van der Waals surface area contributed by atoms with Gasteiger partial charge >= 0.3 is 0 Å². The van der Waals surface area contributed by atoms with Gasteiger partial charge in [-0.1, -0.05) is 34.6 Å². The van der Waals surface area contributed by atoms with Crippen LogP contribution in [0.5, 0.6) is 0 Å². The molecule has 0 radical (unpaired) electrons. The highest BCUT2D eigenvalue weighted by Crippen LogP contribution is 2.19. The minimum Gasteiger partial charge on any atom is -0.354 e. The average molecular weight is 200 g/mol. The quantitative estimate of drug-likeness (QED) is 0.723. The van der Waals surface area contributed by atoms with E-state index in [0.717, 1.165) is 6.42 Å². The van der Waals surface area contributed by atoms with E-state index in [4.69, 9.17) is 5.73 Å². The predicted molar refractivity (Wildman–Crippen MR) is 59.9 cm³/mol. The van der Waals surface area contributed by atoms with Crippen LogP contribution in [0.4, 0.5) is 0 Å². The molecule has 1 atom stereocenters. The zero-order chi connectivity index (χ0) is 11.4. The second-order valence-electron chi connectivity index (χ2n) is 5.51. The van der Waals surface area contributed by atoms with Crippen LogP contribution in [0.2, 0.25) is 0 Å². The lowest BCUT2D eigenvalue weighted by Crippen LogP contribution is -2.43. The van der Waals surface area contributed by atoms with Crippen molar-refractivity contribution in [2.24, 2.45) is 17.1 Å². The highest BCUT2D eigenvalue weighted by atomic mass is 16.2. The van der Waals surface area contributed by atoms with Gasteiger partial charge in [-0.2, -0.15) is 0 Å². The number of nitrogens with one attached hydrogen (secondary N) is 1. The summed E-state index contributed by atoms with van der Waals surface area (Å²) in [5.74, 6) is 0.439. The van der Waals surface area contributed by atoms with Crippen molar-refractivity contribution in [3.63, 3.8) is 0 Å². The number of nitrogens with two attached hydrogens (primary N) is 1. The van der Waals surface area contributed by atoms with Gasteiger partial charge in [-0.15, -0.1) is 0 Å². The van der Waals surface area contributed by atoms with Crippen LogP contribution in [-0.4, -0.2) is 18.5 Å². The molecule has 0 saturated heterocycles. The van der Waals surface area contributed by atoms with Gasteiger partial charge in [0, 0.05) is 6.54 Å². The van der Waals surface area contributed by atoms with Gasteiger partial charge in [0.25, 0.3) is 0 Å². The average Bonchev–Trinajstić information content (AvgIpc) is 1.96. The molecule has 0 aromatic heterocycles. The topological polar surface area (TPSA) is 55.1 Å². The summed E-state index contributed by atoms with van der Waals surface area (Å²) in [5.41, 5.74) is 5.88. The molecule has 84 valence electrons. The van der Waals surface area contributed by atoms with Gasteiger partial charge in [-0.3, -0.25) is 4.79 Å². The number of carbonyl (C=O) groups is 1. The number of hydrogen-bond acceptors (Lipinski definition) is 2. The number of rotatable bonds is 4. The summed E-state index contributed by atoms with van der Waals surface area (Å²) in [6.07, 6.45) is 0.719. The van der Waals surface area contributed by atoms with E-state index in [-0.39, 0.29) is 17.4 Å². The first kappa shape index (κ1) is 13.4. The zero-order valence-corrected chi connectivity index (χ0v) is 10.1. The number of carbonyl (C=O) groups excluding carboxylic acids is 1. The smallest absolute Gasteiger partial charge is 0.236 e. The van der Waals surface area contributed by atoms with Crippen LogP contribution < -0.4 is 11.1 Å². The maximum atomic E-state index is 11.5. The normalized spacial score (nSPS) is 14.2. The highest BCUT2D eigenvalue weighted by molar-refractivity contribution is 5.81. The van der Waals surface area contributed by atoms with E-state index >= 15 is 0 Å². The molecule has 3 nitrogen and oxygen atoms in total. The van der Waals surface area contributed by atoms with Gasteiger partial charge in [-0.25, -0.2) is 0 Å². The SMILES string of the molecule is CC(C)CNC(=O)[C@@H](N)CC(C)(C)C. The highest BCUT2D eigenvalue weighted by Gasteiger charge is 2.20. The van der Waals surface area contributed by atoms with Crippen molar-refractivity contribution in [3.05, 3.63) is 0 Å². The third-order valence-corrected chi connectivity index (χ3v) is 1.85. The second-order valence-corrected chi connectivity index (χ2v) is 5.51. The second kappa shape index (κ2) is 5.35. The molecule has 0 aromatic rings. The fourth-order valence-corrected chi connectivity index (χ4v) is 1.19. The number of hydrogen-bond donors (Lipinski definition) is 2. The van der Waals surface area contributed by atoms with Gasteiger partial charge in [-0.05, 0) is 17.8 Å². The van der Waals surface area contributed by atoms with Crippen LogP contribution in [-0.2, 0) is 4.79 Å². The molecule has 0 bridgehead atoms. The Balaban J connectivity index is 3.88. The van der Waals surface area contributed by atoms with Crippen LogP contribution in [0.3, 0.4) is 0 Å². The van der Waals surface area contributed by atoms with E-state index in [1.807, 2.05) is 0 Å². The molecule has 0 heterocycles. The van der Waals surface area contributed by atoms with E-state index in [9.17, 15) is 4.79 Å². The Morgan fingerprint density at radius 1 is 1.36 bits per heavy atom. The van der Waals surface area contributed by atoms with E-state index in [2.05, 4.69) is 39.9 Å². The minimum absolute atomic E-state index is 0.0337. The van der Waals surface area contributed by atoms with Crippen molar-refractivity contribution in [1.29, 1.82) is 0 Å². The first-order valence-corrected chi connectivity index (χ1v) is 5.25. The minimum atomic E-state index is -0.381. The molecule has 0 aliphatic heterocycles. The molecule has 0 fully saturated rings. The van der Waals surface area contributed by atoms with Gasteiger partial charge in [0.05, 0.1) is 6.04 Å². The Bertz CT molecular complexity index is 182. The van der Waals surface area contributed by atoms with Crippen LogP contribution in [0.1, 0.15) is 41.0 Å². The third-order valence-electron chi connectivity index (χ3n) is 1.85. The summed E-state index contributed by atoms with van der Waals surface area (Å²) < 4.78 is 0. The first-order chi connectivity index (χ1) is 6.22. The molecule has 0 spiro atoms. The van der Waals surface area contributed by atoms with E-state index in [1.165, 1.54) is 0 Å². The molecular formula is C11H24N2O. The molecule has 0 unspecified atom stereocenters. The Hall–Kier alpha value is -0.570. The lowest BCUT2D eigenvalue weighted by atomic mass is 9.88. The van der Waals surface area contributed by atoms with Gasteiger partial charge in [0.15, 0.2) is 0 Å². The van der Waals surface area contributed by atoms with Crippen molar-refractivity contribution in [3.8, 4) is 0 Å². The summed E-state index contributed by atoms with van der Waals surface area (Å²) in [6, 6.07) is -0.381. The molecule has 3 heteroatoms. The Morgan fingerprint density at radius 2 is 1.86 bits per heavy atom. The van der Waals surface area contributed by atoms with E-state index in [1.54, 1.807) is 0 Å². The Kier molecular flexibility index (Phi) is 5.13. The fourth-order valence-electron chi connectivity index (χ4n) is 1.19. The summed E-state index contributed by atoms with van der Waals surface area (Å²) in [6.45, 7) is 11.1. The maximum Gasteiger partial charge on any atom is 0.236 e. The van der Waals surface area contributed by atoms with Crippen molar-refractivity contribution >= 4 is 5.91 Å². The molecular weight excluding hydrogens is 176 g/mol. The Labute approximate surface area is 87.4 Å². The van der Waals surface area contributed by atoms with E-state index in [0.29, 0.717) is 12.5 Å². The predicted octanol–water partition coefficient (Wildman–Crippen LogP) is 1.52. The molecule has 0 aromatic carbocycles. The van der Waals surface area contributed by atoms with Gasteiger partial charge in [0.1, 0.15) is 0 Å². The maximum absolute atomic E-state index is 11.5. The lowest BCUT2D eigenvalue weighted by molar-refractivity contribution is -0.123. The van der Waals surface area contributed by atoms with Crippen LogP contribution in [0.15, 0.2) is 0 Å². The molecule has 0 rings (SSSR count). The van der Waals surface area contributed by atoms with Crippen LogP contribution >= 0.6 is 0 Å². The monoisotopic (exact) mass is 200 g/mol. The first-order valence-electron chi connectivity index (χ1n) is 5.25. The number of amides is 1. The van der Waals surface area contributed by atoms with Crippen molar-refractivity contribution < 1.29 is 4.79 Å². The van der Waals surface area contributed by atoms with Gasteiger partial charge < -0.3 is 11.1 Å². The molecule has 0 aliphatic carbocycles. The molecule has 14 heavy (non-hydrogen) atoms. The summed E-state index contributed by atoms with van der Waals surface area (Å²) in [7, 11) is 0. The summed E-state index contributed by atoms with van der Waals surface area (Å²) in [4.78, 5) is 11.5. The van der Waals surface area contributed by atoms with Crippen molar-refractivity contribution in [2.75, 3.05) is 6.54 Å². The van der Waals surface area contributed by atoms with E-state index < -0.39 is 0 Å². The summed E-state index contributed by atoms with van der Waals surface area (Å²) in [5, 5.41) is 2.84. The van der Waals surface area contributed by atoms with Gasteiger partial charge in [0.2, 0.25) is 5.91 Å². The molecule has 0 saturated carbocycles. The molecule has 0 aliphatic rings. The Morgan fingerprint density at radius 3 is 2.21 bits per heavy atom. The standard InChI is InChI=1S/C11H24N2O/c1-8(2)7-13-10(14)9(12)6-11(3,4)5/h8-9H,6-7,12H2,1-5H3,(H,13,14)/t9-/m0/s1. The van der Waals surface area contributed by atoms with Crippen molar-refractivity contribution in [2.45, 2.75) is 47.1 Å². The third kappa shape index (κ3) is 6.89. The fraction of sp³-hybridized carbons (Fsp3) is 0.909. The van der Waals surface area contributed by atoms with Crippen LogP contribution in [0.25, 0.3) is 0 Å². The zero-order valence-electron chi connectivity index (χ0n) is 10.1. The molecule has 3 N–H and O–H groups in total. The largest absolute Gasteiger partial charge is 0.354 e.